The van der Waals surface area contributed by atoms with E-state index in [1.54, 1.807) is 18.2 Å². The molecule has 0 heterocycles. The summed E-state index contributed by atoms with van der Waals surface area (Å²) in [5.41, 5.74) is 9.03. The largest absolute Gasteiger partial charge is 0.744 e. The number of halogens is 1. The maximum absolute atomic E-state index is 11.7. The summed E-state index contributed by atoms with van der Waals surface area (Å²) in [6.07, 6.45) is 6.21. The van der Waals surface area contributed by atoms with Gasteiger partial charge in [0.05, 0.1) is 9.79 Å². The zero-order chi connectivity index (χ0) is 34.6. The Hall–Kier alpha value is -4.32. The third-order valence-electron chi connectivity index (χ3n) is 8.12. The number of allylic oxidation sites excluding steroid dienone is 5. The van der Waals surface area contributed by atoms with Crippen molar-refractivity contribution in [1.82, 2.24) is 0 Å². The highest BCUT2D eigenvalue weighted by atomic mass is 35.5. The Balaban J connectivity index is 1.50. The minimum atomic E-state index is -4.54. The molecule has 1 aliphatic carbocycles. The number of hydrogen-bond acceptors (Lipinski definition) is 6. The Kier molecular flexibility index (Phi) is 10.5. The summed E-state index contributed by atoms with van der Waals surface area (Å²) in [6, 6.07) is 26.0. The molecule has 0 saturated heterocycles. The summed E-state index contributed by atoms with van der Waals surface area (Å²) in [5, 5.41) is 3.93. The van der Waals surface area contributed by atoms with Gasteiger partial charge >= 0.3 is 0 Å². The van der Waals surface area contributed by atoms with Gasteiger partial charge in [0.25, 0.3) is 10.1 Å². The topological polar surface area (TPSA) is 127 Å². The van der Waals surface area contributed by atoms with Crippen molar-refractivity contribution in [3.05, 3.63) is 153 Å². The van der Waals surface area contributed by atoms with Crippen molar-refractivity contribution in [3.63, 3.8) is 0 Å². The van der Waals surface area contributed by atoms with Gasteiger partial charge in [-0.25, -0.2) is 13.0 Å². The van der Waals surface area contributed by atoms with Crippen molar-refractivity contribution in [2.45, 2.75) is 43.7 Å². The lowest BCUT2D eigenvalue weighted by molar-refractivity contribution is -0.539. The second-order valence-corrected chi connectivity index (χ2v) is 14.7. The predicted molar refractivity (Wildman–Crippen MR) is 189 cm³/mol. The van der Waals surface area contributed by atoms with Gasteiger partial charge in [0, 0.05) is 40.5 Å². The molecule has 0 radical (unpaired) electrons. The Morgan fingerprint density at radius 1 is 0.833 bits per heavy atom. The van der Waals surface area contributed by atoms with E-state index in [1.165, 1.54) is 24.3 Å². The molecule has 4 aromatic carbocycles. The molecule has 8 nitrogen and oxygen atoms in total. The molecule has 11 heteroatoms. The van der Waals surface area contributed by atoms with Gasteiger partial charge in [-0.05, 0) is 103 Å². The highest BCUT2D eigenvalue weighted by Crippen LogP contribution is 2.38. The Labute approximate surface area is 286 Å². The van der Waals surface area contributed by atoms with E-state index in [0.717, 1.165) is 50.4 Å². The lowest BCUT2D eigenvalue weighted by Crippen LogP contribution is -2.20. The van der Waals surface area contributed by atoms with Crippen LogP contribution in [0.2, 0.25) is 5.02 Å². The zero-order valence-corrected chi connectivity index (χ0v) is 29.0. The molecule has 4 aromatic rings. The summed E-state index contributed by atoms with van der Waals surface area (Å²) in [7, 11) is -8.85. The SMILES string of the molecule is CC[N+](Cc1cccc(S(=O)(=O)O)c1)=C1C=C/C(=C(\c2ccc(NCc3cccc(S(=O)(=O)[O-])c3)cc2C)c2ccccc2Cl)C(C)=C1. The molecule has 0 spiro atoms. The smallest absolute Gasteiger partial charge is 0.294 e. The first-order chi connectivity index (χ1) is 22.7. The maximum atomic E-state index is 11.7. The lowest BCUT2D eigenvalue weighted by atomic mass is 9.85. The van der Waals surface area contributed by atoms with E-state index in [4.69, 9.17) is 11.6 Å². The number of nitrogens with one attached hydrogen (secondary N) is 1. The Morgan fingerprint density at radius 3 is 2.17 bits per heavy atom. The molecule has 0 amide bonds. The van der Waals surface area contributed by atoms with Gasteiger partial charge in [0.2, 0.25) is 0 Å². The van der Waals surface area contributed by atoms with Crippen LogP contribution in [0.15, 0.2) is 130 Å². The molecule has 248 valence electrons. The van der Waals surface area contributed by atoms with Crippen molar-refractivity contribution in [1.29, 1.82) is 0 Å². The minimum absolute atomic E-state index is 0.137. The van der Waals surface area contributed by atoms with Crippen LogP contribution < -0.4 is 5.32 Å². The summed E-state index contributed by atoms with van der Waals surface area (Å²) >= 11 is 6.79. The van der Waals surface area contributed by atoms with E-state index < -0.39 is 20.2 Å². The monoisotopic (exact) mass is 702 g/mol. The molecule has 2 N–H and O–H groups in total. The van der Waals surface area contributed by atoms with Crippen LogP contribution in [0.3, 0.4) is 0 Å². The molecule has 48 heavy (non-hydrogen) atoms. The van der Waals surface area contributed by atoms with Crippen LogP contribution in [0.5, 0.6) is 0 Å². The average Bonchev–Trinajstić information content (AvgIpc) is 3.04. The van der Waals surface area contributed by atoms with E-state index in [2.05, 4.69) is 22.0 Å². The standard InChI is InChI=1S/C37H35ClN2O6S2/c1-4-40(24-28-10-8-12-32(22-28)48(44,45)46)30-16-18-34(26(3)20-30)37(35-13-5-6-14-36(35)38)33-17-15-29(19-25(33)2)39-23-27-9-7-11-31(21-27)47(41,42)43/h5-22H,4,23-24H2,1-3H3,(H2,41,42,43,44,45,46). The summed E-state index contributed by atoms with van der Waals surface area (Å²) in [5.74, 6) is 0. The van der Waals surface area contributed by atoms with E-state index in [0.29, 0.717) is 30.2 Å². The number of aryl methyl sites for hydroxylation is 1. The first-order valence-corrected chi connectivity index (χ1v) is 18.4. The van der Waals surface area contributed by atoms with Gasteiger partial charge in [0.1, 0.15) is 16.7 Å². The molecule has 0 saturated carbocycles. The molecule has 5 rings (SSSR count). The van der Waals surface area contributed by atoms with Gasteiger partial charge in [0.15, 0.2) is 12.3 Å². The lowest BCUT2D eigenvalue weighted by Gasteiger charge is -2.20. The Bertz CT molecular complexity index is 2240. The van der Waals surface area contributed by atoms with Gasteiger partial charge in [-0.15, -0.1) is 0 Å². The predicted octanol–water partition coefficient (Wildman–Crippen LogP) is 7.40. The number of hydrogen-bond donors (Lipinski definition) is 2. The summed E-state index contributed by atoms with van der Waals surface area (Å²) in [4.78, 5) is -0.399. The summed E-state index contributed by atoms with van der Waals surface area (Å²) < 4.78 is 69.4. The molecule has 1 aliphatic rings. The van der Waals surface area contributed by atoms with Gasteiger partial charge in [-0.2, -0.15) is 8.42 Å². The molecule has 0 aromatic heterocycles. The third-order valence-corrected chi connectivity index (χ3v) is 10.1. The van der Waals surface area contributed by atoms with Crippen molar-refractivity contribution in [3.8, 4) is 0 Å². The van der Waals surface area contributed by atoms with Gasteiger partial charge in [-0.1, -0.05) is 60.1 Å². The third kappa shape index (κ3) is 8.21. The zero-order valence-electron chi connectivity index (χ0n) is 26.6. The summed E-state index contributed by atoms with van der Waals surface area (Å²) in [6.45, 7) is 7.54. The van der Waals surface area contributed by atoms with E-state index >= 15 is 0 Å². The molecule has 0 unspecified atom stereocenters. The van der Waals surface area contributed by atoms with E-state index in [1.807, 2.05) is 75.4 Å². The van der Waals surface area contributed by atoms with Crippen LogP contribution >= 0.6 is 11.6 Å². The fourth-order valence-corrected chi connectivity index (χ4v) is 7.03. The second kappa shape index (κ2) is 14.4. The second-order valence-electron chi connectivity index (χ2n) is 11.5. The average molecular weight is 703 g/mol. The highest BCUT2D eigenvalue weighted by Gasteiger charge is 2.21. The molecule has 0 atom stereocenters. The van der Waals surface area contributed by atoms with Crippen LogP contribution in [0.25, 0.3) is 5.57 Å². The van der Waals surface area contributed by atoms with Crippen molar-refractivity contribution < 1.29 is 30.5 Å². The van der Waals surface area contributed by atoms with Gasteiger partial charge < -0.3 is 9.87 Å². The van der Waals surface area contributed by atoms with E-state index in [9.17, 15) is 25.9 Å². The number of rotatable bonds is 10. The molecule has 0 bridgehead atoms. The highest BCUT2D eigenvalue weighted by molar-refractivity contribution is 7.86. The van der Waals surface area contributed by atoms with Crippen LogP contribution in [0.1, 0.15) is 41.7 Å². The van der Waals surface area contributed by atoms with Crippen molar-refractivity contribution in [2.75, 3.05) is 11.9 Å². The molecule has 0 aliphatic heterocycles. The number of anilines is 1. The van der Waals surface area contributed by atoms with Crippen LogP contribution in [-0.2, 0) is 33.3 Å². The molecule has 0 fully saturated rings. The molecular formula is C37H35ClN2O6S2. The van der Waals surface area contributed by atoms with Crippen molar-refractivity contribution in [2.24, 2.45) is 0 Å². The first kappa shape index (κ1) is 35.0. The maximum Gasteiger partial charge on any atom is 0.294 e. The first-order valence-electron chi connectivity index (χ1n) is 15.2. The van der Waals surface area contributed by atoms with Crippen LogP contribution in [-0.4, -0.2) is 42.8 Å². The fourth-order valence-electron chi connectivity index (χ4n) is 5.70. The number of nitrogens with zero attached hydrogens (tertiary/aromatic N) is 1. The normalized spacial score (nSPS) is 15.6. The number of benzene rings is 4. The Morgan fingerprint density at radius 2 is 1.52 bits per heavy atom. The van der Waals surface area contributed by atoms with E-state index in [-0.39, 0.29) is 9.79 Å². The van der Waals surface area contributed by atoms with Crippen LogP contribution in [0, 0.1) is 6.92 Å². The molecular weight excluding hydrogens is 668 g/mol. The fraction of sp³-hybridized carbons (Fsp3) is 0.162. The van der Waals surface area contributed by atoms with Crippen LogP contribution in [0.4, 0.5) is 5.69 Å². The van der Waals surface area contributed by atoms with Gasteiger partial charge in [-0.3, -0.25) is 4.55 Å². The quantitative estimate of drug-likeness (QED) is 0.130. The minimum Gasteiger partial charge on any atom is -0.744 e. The van der Waals surface area contributed by atoms with Crippen molar-refractivity contribution >= 4 is 48.8 Å².